The van der Waals surface area contributed by atoms with Crippen LogP contribution < -0.4 is 5.32 Å². The number of hydrogen-bond acceptors (Lipinski definition) is 2. The number of nitrogens with one attached hydrogen (secondary N) is 1. The summed E-state index contributed by atoms with van der Waals surface area (Å²) >= 11 is 6.23. The van der Waals surface area contributed by atoms with E-state index in [-0.39, 0.29) is 0 Å². The Hall–Kier alpha value is -3.04. The molecule has 4 aromatic rings. The first-order valence-corrected chi connectivity index (χ1v) is 9.25. The van der Waals surface area contributed by atoms with Gasteiger partial charge in [0.2, 0.25) is 5.95 Å². The third-order valence-corrected chi connectivity index (χ3v) is 5.04. The molecular formula is C23H20ClN3. The topological polar surface area (TPSA) is 29.9 Å². The minimum absolute atomic E-state index is 0.636. The van der Waals surface area contributed by atoms with Gasteiger partial charge >= 0.3 is 0 Å². The highest BCUT2D eigenvalue weighted by Crippen LogP contribution is 2.26. The first kappa shape index (κ1) is 17.4. The minimum atomic E-state index is 0.636. The van der Waals surface area contributed by atoms with Crippen LogP contribution in [0.5, 0.6) is 0 Å². The van der Waals surface area contributed by atoms with Gasteiger partial charge in [0.1, 0.15) is 0 Å². The molecule has 0 amide bonds. The van der Waals surface area contributed by atoms with Crippen molar-refractivity contribution in [3.8, 4) is 22.4 Å². The van der Waals surface area contributed by atoms with Crippen molar-refractivity contribution in [2.24, 2.45) is 7.05 Å². The molecule has 0 spiro atoms. The fourth-order valence-corrected chi connectivity index (χ4v) is 3.32. The highest BCUT2D eigenvalue weighted by Gasteiger charge is 2.09. The third kappa shape index (κ3) is 3.74. The van der Waals surface area contributed by atoms with E-state index in [0.29, 0.717) is 6.54 Å². The molecule has 4 heteroatoms. The highest BCUT2D eigenvalue weighted by atomic mass is 35.5. The van der Waals surface area contributed by atoms with Crippen molar-refractivity contribution in [1.29, 1.82) is 0 Å². The smallest absolute Gasteiger partial charge is 0.203 e. The van der Waals surface area contributed by atoms with Gasteiger partial charge in [0.05, 0.1) is 11.9 Å². The molecule has 1 aromatic heterocycles. The average Bonchev–Trinajstić information content (AvgIpc) is 3.09. The summed E-state index contributed by atoms with van der Waals surface area (Å²) in [6, 6.07) is 26.8. The molecule has 3 aromatic carbocycles. The second-order valence-electron chi connectivity index (χ2n) is 6.41. The lowest BCUT2D eigenvalue weighted by atomic mass is 10.0. The van der Waals surface area contributed by atoms with Crippen LogP contribution in [-0.2, 0) is 13.6 Å². The van der Waals surface area contributed by atoms with E-state index in [1.54, 1.807) is 0 Å². The number of rotatable bonds is 5. The summed E-state index contributed by atoms with van der Waals surface area (Å²) in [6.07, 6.45) is 1.90. The minimum Gasteiger partial charge on any atom is -0.352 e. The van der Waals surface area contributed by atoms with E-state index in [1.807, 2.05) is 43.6 Å². The lowest BCUT2D eigenvalue weighted by Gasteiger charge is -2.10. The van der Waals surface area contributed by atoms with Gasteiger partial charge in [0.15, 0.2) is 0 Å². The number of anilines is 1. The van der Waals surface area contributed by atoms with Crippen LogP contribution in [0.3, 0.4) is 0 Å². The molecule has 4 rings (SSSR count). The second kappa shape index (κ2) is 7.68. The molecule has 0 radical (unpaired) electrons. The highest BCUT2D eigenvalue weighted by molar-refractivity contribution is 6.31. The Morgan fingerprint density at radius 3 is 2.19 bits per heavy atom. The molecule has 1 heterocycles. The first-order chi connectivity index (χ1) is 13.2. The fraction of sp³-hybridized carbons (Fsp3) is 0.0870. The number of aromatic nitrogens is 2. The van der Waals surface area contributed by atoms with E-state index in [1.165, 1.54) is 11.1 Å². The maximum Gasteiger partial charge on any atom is 0.203 e. The van der Waals surface area contributed by atoms with Gasteiger partial charge in [-0.1, -0.05) is 84.4 Å². The van der Waals surface area contributed by atoms with Crippen molar-refractivity contribution in [3.63, 3.8) is 0 Å². The molecule has 0 fully saturated rings. The van der Waals surface area contributed by atoms with Crippen LogP contribution in [0.25, 0.3) is 22.4 Å². The van der Waals surface area contributed by atoms with Crippen molar-refractivity contribution < 1.29 is 0 Å². The SMILES string of the molecule is Cn1c(-c2ccc(-c3ccccc3)cc2)cnc1NCc1ccccc1Cl. The molecule has 0 atom stereocenters. The maximum atomic E-state index is 6.23. The standard InChI is InChI=1S/C23H20ClN3/c1-27-22(16-26-23(27)25-15-20-9-5-6-10-21(20)24)19-13-11-18(12-14-19)17-7-3-2-4-8-17/h2-14,16H,15H2,1H3,(H,25,26). The van der Waals surface area contributed by atoms with Crippen molar-refractivity contribution in [2.45, 2.75) is 6.54 Å². The average molecular weight is 374 g/mol. The van der Waals surface area contributed by atoms with Crippen LogP contribution >= 0.6 is 11.6 Å². The summed E-state index contributed by atoms with van der Waals surface area (Å²) in [4.78, 5) is 4.53. The summed E-state index contributed by atoms with van der Waals surface area (Å²) in [7, 11) is 2.02. The zero-order chi connectivity index (χ0) is 18.6. The molecule has 0 saturated heterocycles. The predicted octanol–water partition coefficient (Wildman–Crippen LogP) is 6.02. The molecule has 0 bridgehead atoms. The number of benzene rings is 3. The number of halogens is 1. The largest absolute Gasteiger partial charge is 0.352 e. The van der Waals surface area contributed by atoms with Crippen LogP contribution in [0.4, 0.5) is 5.95 Å². The quantitative estimate of drug-likeness (QED) is 0.463. The summed E-state index contributed by atoms with van der Waals surface area (Å²) in [5.41, 5.74) is 5.68. The molecule has 3 nitrogen and oxygen atoms in total. The van der Waals surface area contributed by atoms with Gasteiger partial charge in [-0.3, -0.25) is 0 Å². The lowest BCUT2D eigenvalue weighted by Crippen LogP contribution is -2.06. The van der Waals surface area contributed by atoms with Crippen molar-refractivity contribution in [2.75, 3.05) is 5.32 Å². The Bertz CT molecular complexity index is 1040. The lowest BCUT2D eigenvalue weighted by molar-refractivity contribution is 0.907. The van der Waals surface area contributed by atoms with E-state index >= 15 is 0 Å². The van der Waals surface area contributed by atoms with Crippen LogP contribution in [0.15, 0.2) is 85.1 Å². The maximum absolute atomic E-state index is 6.23. The van der Waals surface area contributed by atoms with Gasteiger partial charge in [-0.2, -0.15) is 0 Å². The van der Waals surface area contributed by atoms with Gasteiger partial charge < -0.3 is 9.88 Å². The number of hydrogen-bond donors (Lipinski definition) is 1. The summed E-state index contributed by atoms with van der Waals surface area (Å²) in [5.74, 6) is 0.817. The van der Waals surface area contributed by atoms with Crippen LogP contribution in [-0.4, -0.2) is 9.55 Å². The summed E-state index contributed by atoms with van der Waals surface area (Å²) < 4.78 is 2.06. The predicted molar refractivity (Wildman–Crippen MR) is 113 cm³/mol. The molecule has 27 heavy (non-hydrogen) atoms. The van der Waals surface area contributed by atoms with Gasteiger partial charge in [0.25, 0.3) is 0 Å². The molecule has 0 unspecified atom stereocenters. The van der Waals surface area contributed by atoms with Crippen LogP contribution in [0.1, 0.15) is 5.56 Å². The van der Waals surface area contributed by atoms with E-state index in [2.05, 4.69) is 63.4 Å². The van der Waals surface area contributed by atoms with Gasteiger partial charge in [0, 0.05) is 18.6 Å². The zero-order valence-electron chi connectivity index (χ0n) is 15.1. The van der Waals surface area contributed by atoms with Crippen LogP contribution in [0.2, 0.25) is 5.02 Å². The number of imidazole rings is 1. The first-order valence-electron chi connectivity index (χ1n) is 8.87. The Kier molecular flexibility index (Phi) is 4.95. The van der Waals surface area contributed by atoms with E-state index in [9.17, 15) is 0 Å². The van der Waals surface area contributed by atoms with E-state index in [4.69, 9.17) is 11.6 Å². The van der Waals surface area contributed by atoms with Crippen molar-refractivity contribution >= 4 is 17.5 Å². The molecule has 0 aliphatic heterocycles. The van der Waals surface area contributed by atoms with Crippen molar-refractivity contribution in [1.82, 2.24) is 9.55 Å². The number of nitrogens with zero attached hydrogens (tertiary/aromatic N) is 2. The Morgan fingerprint density at radius 1 is 0.815 bits per heavy atom. The summed E-state index contributed by atoms with van der Waals surface area (Å²) in [6.45, 7) is 0.636. The molecule has 134 valence electrons. The molecule has 0 aliphatic carbocycles. The molecule has 1 N–H and O–H groups in total. The van der Waals surface area contributed by atoms with Gasteiger partial charge in [-0.05, 0) is 28.3 Å². The van der Waals surface area contributed by atoms with E-state index < -0.39 is 0 Å². The third-order valence-electron chi connectivity index (χ3n) is 4.67. The Labute approximate surface area is 164 Å². The fourth-order valence-electron chi connectivity index (χ4n) is 3.12. The molecular weight excluding hydrogens is 354 g/mol. The Morgan fingerprint density at radius 2 is 1.44 bits per heavy atom. The van der Waals surface area contributed by atoms with Crippen LogP contribution in [0, 0.1) is 0 Å². The molecule has 0 saturated carbocycles. The molecule has 0 aliphatic rings. The van der Waals surface area contributed by atoms with E-state index in [0.717, 1.165) is 27.8 Å². The zero-order valence-corrected chi connectivity index (χ0v) is 15.8. The van der Waals surface area contributed by atoms with Gasteiger partial charge in [-0.25, -0.2) is 4.98 Å². The summed E-state index contributed by atoms with van der Waals surface area (Å²) in [5, 5.41) is 4.12. The van der Waals surface area contributed by atoms with Gasteiger partial charge in [-0.15, -0.1) is 0 Å². The monoisotopic (exact) mass is 373 g/mol. The second-order valence-corrected chi connectivity index (χ2v) is 6.82. The Balaban J connectivity index is 1.53. The normalized spacial score (nSPS) is 10.7. The van der Waals surface area contributed by atoms with Crippen molar-refractivity contribution in [3.05, 3.63) is 95.6 Å².